The topological polar surface area (TPSA) is 136 Å². The van der Waals surface area contributed by atoms with Gasteiger partial charge in [-0.05, 0) is 90.5 Å². The maximum Gasteiger partial charge on any atom is 0.255 e. The van der Waals surface area contributed by atoms with Gasteiger partial charge in [0.15, 0.2) is 5.78 Å². The number of carbonyl (C=O) groups excluding carboxylic acids is 3. The number of hydrogen-bond acceptors (Lipinski definition) is 6. The Bertz CT molecular complexity index is 1590. The van der Waals surface area contributed by atoms with Gasteiger partial charge in [0.1, 0.15) is 0 Å². The molecule has 0 spiro atoms. The summed E-state index contributed by atoms with van der Waals surface area (Å²) in [5, 5.41) is 9.12. The Hall–Kier alpha value is -5.44. The van der Waals surface area contributed by atoms with E-state index in [4.69, 9.17) is 10.3 Å². The summed E-state index contributed by atoms with van der Waals surface area (Å²) in [7, 11) is 0. The average Bonchev–Trinajstić information content (AvgIpc) is 3.02. The van der Waals surface area contributed by atoms with E-state index in [1.165, 1.54) is 0 Å². The smallest absolute Gasteiger partial charge is 0.255 e. The second-order valence-electron chi connectivity index (χ2n) is 9.27. The number of hydrogen-bond donors (Lipinski definition) is 2. The first-order valence-electron chi connectivity index (χ1n) is 13.0. The van der Waals surface area contributed by atoms with Gasteiger partial charge in [0.2, 0.25) is 0 Å². The molecule has 0 aromatic heterocycles. The van der Waals surface area contributed by atoms with Gasteiger partial charge in [-0.1, -0.05) is 17.2 Å². The molecule has 1 aliphatic rings. The first-order valence-corrected chi connectivity index (χ1v) is 13.0. The normalized spacial score (nSPS) is 12.6. The van der Waals surface area contributed by atoms with Gasteiger partial charge >= 0.3 is 0 Å². The Balaban J connectivity index is 1.16. The molecule has 204 valence electrons. The van der Waals surface area contributed by atoms with Gasteiger partial charge in [0.05, 0.1) is 13.2 Å². The molecule has 1 heterocycles. The van der Waals surface area contributed by atoms with Gasteiger partial charge in [0, 0.05) is 63.0 Å². The number of nitrogens with zero attached hydrogens (tertiary/aromatic N) is 4. The highest BCUT2D eigenvalue weighted by Crippen LogP contribution is 2.20. The maximum atomic E-state index is 13.0. The van der Waals surface area contributed by atoms with Crippen LogP contribution in [-0.4, -0.2) is 43.9 Å². The van der Waals surface area contributed by atoms with E-state index >= 15 is 0 Å². The van der Waals surface area contributed by atoms with E-state index in [9.17, 15) is 14.4 Å². The highest BCUT2D eigenvalue weighted by atomic mass is 16.5. The summed E-state index contributed by atoms with van der Waals surface area (Å²) < 4.78 is 5.39. The molecule has 0 saturated carbocycles. The second kappa shape index (κ2) is 12.6. The fourth-order valence-corrected chi connectivity index (χ4v) is 4.36. The molecule has 10 nitrogen and oxygen atoms in total. The lowest BCUT2D eigenvalue weighted by atomic mass is 10.0. The van der Waals surface area contributed by atoms with E-state index in [-0.39, 0.29) is 17.6 Å². The average molecular weight is 547 g/mol. The van der Waals surface area contributed by atoms with E-state index in [0.29, 0.717) is 52.5 Å². The van der Waals surface area contributed by atoms with Crippen LogP contribution in [0, 0.1) is 0 Å². The monoisotopic (exact) mass is 546 g/mol. The molecule has 41 heavy (non-hydrogen) atoms. The van der Waals surface area contributed by atoms with Gasteiger partial charge in [-0.15, -0.1) is 0 Å². The maximum absolute atomic E-state index is 13.0. The van der Waals surface area contributed by atoms with Crippen LogP contribution in [0.3, 0.4) is 0 Å². The summed E-state index contributed by atoms with van der Waals surface area (Å²) in [6.07, 6.45) is 0. The van der Waals surface area contributed by atoms with Gasteiger partial charge in [0.25, 0.3) is 11.8 Å². The molecule has 5 rings (SSSR count). The molecule has 0 radical (unpaired) electrons. The van der Waals surface area contributed by atoms with Crippen LogP contribution < -0.4 is 15.5 Å². The third-order valence-electron chi connectivity index (χ3n) is 6.61. The van der Waals surface area contributed by atoms with Crippen molar-refractivity contribution in [2.24, 2.45) is 5.11 Å². The molecule has 2 amide bonds. The third-order valence-corrected chi connectivity index (χ3v) is 6.61. The van der Waals surface area contributed by atoms with Gasteiger partial charge in [-0.25, -0.2) is 0 Å². The van der Waals surface area contributed by atoms with Crippen molar-refractivity contribution in [2.45, 2.75) is 0 Å². The first kappa shape index (κ1) is 27.1. The van der Waals surface area contributed by atoms with E-state index in [0.717, 1.165) is 18.8 Å². The zero-order valence-corrected chi connectivity index (χ0v) is 22.0. The number of rotatable bonds is 8. The van der Waals surface area contributed by atoms with E-state index in [1.54, 1.807) is 84.9 Å². The summed E-state index contributed by atoms with van der Waals surface area (Å²) >= 11 is 0. The number of anilines is 3. The molecule has 0 unspecified atom stereocenters. The van der Waals surface area contributed by atoms with Crippen molar-refractivity contribution in [1.82, 2.24) is 0 Å². The van der Waals surface area contributed by atoms with Crippen molar-refractivity contribution in [3.8, 4) is 0 Å². The number of ketones is 1. The lowest BCUT2D eigenvalue weighted by molar-refractivity contribution is 0.101. The zero-order valence-electron chi connectivity index (χ0n) is 22.0. The molecule has 4 aromatic rings. The summed E-state index contributed by atoms with van der Waals surface area (Å²) in [6, 6.07) is 27.0. The molecule has 4 aromatic carbocycles. The van der Waals surface area contributed by atoms with Gasteiger partial charge in [-0.3, -0.25) is 14.4 Å². The second-order valence-corrected chi connectivity index (χ2v) is 9.27. The number of nitrogens with one attached hydrogen (secondary N) is 2. The van der Waals surface area contributed by atoms with Crippen LogP contribution in [0.25, 0.3) is 10.4 Å². The summed E-state index contributed by atoms with van der Waals surface area (Å²) in [4.78, 5) is 43.1. The highest BCUT2D eigenvalue weighted by molar-refractivity contribution is 6.10. The molecular formula is C31H26N6O4. The number of morpholine rings is 1. The van der Waals surface area contributed by atoms with Gasteiger partial charge in [-0.2, -0.15) is 0 Å². The fourth-order valence-electron chi connectivity index (χ4n) is 4.36. The van der Waals surface area contributed by atoms with Crippen molar-refractivity contribution in [3.63, 3.8) is 0 Å². The van der Waals surface area contributed by atoms with Crippen LogP contribution in [0.1, 0.15) is 36.6 Å². The van der Waals surface area contributed by atoms with Crippen molar-refractivity contribution in [3.05, 3.63) is 130 Å². The quantitative estimate of drug-likeness (QED) is 0.117. The summed E-state index contributed by atoms with van der Waals surface area (Å²) in [6.45, 7) is 3.05. The predicted molar refractivity (Wildman–Crippen MR) is 157 cm³/mol. The number of azide groups is 1. The number of amides is 2. The minimum absolute atomic E-state index is 0.187. The Morgan fingerprint density at radius 3 is 1.56 bits per heavy atom. The standard InChI is InChI=1S/C31H26N6O4/c32-36-35-27-13-5-23(6-14-27)30(39)33-25-9-1-21(2-10-25)29(38)22-3-11-26(12-4-22)34-31(40)24-7-15-28(16-8-24)37-17-19-41-20-18-37/h1-16H,17-20H2,(H,33,39)(H,34,40). The first-order chi connectivity index (χ1) is 20.0. The van der Waals surface area contributed by atoms with E-state index < -0.39 is 0 Å². The Labute approximate surface area is 236 Å². The minimum atomic E-state index is -0.331. The van der Waals surface area contributed by atoms with Crippen LogP contribution in [0.15, 0.2) is 102 Å². The molecule has 2 N–H and O–H groups in total. The van der Waals surface area contributed by atoms with Crippen LogP contribution in [-0.2, 0) is 4.74 Å². The van der Waals surface area contributed by atoms with Crippen LogP contribution in [0.2, 0.25) is 0 Å². The van der Waals surface area contributed by atoms with Crippen LogP contribution in [0.5, 0.6) is 0 Å². The largest absolute Gasteiger partial charge is 0.378 e. The van der Waals surface area contributed by atoms with E-state index in [2.05, 4.69) is 25.6 Å². The summed E-state index contributed by atoms with van der Waals surface area (Å²) in [5.41, 5.74) is 12.9. The Kier molecular flexibility index (Phi) is 8.35. The molecule has 10 heteroatoms. The predicted octanol–water partition coefficient (Wildman–Crippen LogP) is 6.20. The van der Waals surface area contributed by atoms with Crippen LogP contribution >= 0.6 is 0 Å². The number of carbonyl (C=O) groups is 3. The van der Waals surface area contributed by atoms with E-state index in [1.807, 2.05) is 12.1 Å². The molecular weight excluding hydrogens is 520 g/mol. The van der Waals surface area contributed by atoms with Crippen molar-refractivity contribution >= 4 is 40.3 Å². The number of benzene rings is 4. The molecule has 0 bridgehead atoms. The lowest BCUT2D eigenvalue weighted by Gasteiger charge is -2.28. The molecule has 1 saturated heterocycles. The molecule has 1 aliphatic heterocycles. The van der Waals surface area contributed by atoms with Crippen molar-refractivity contribution in [1.29, 1.82) is 0 Å². The number of ether oxygens (including phenoxy) is 1. The van der Waals surface area contributed by atoms with Crippen molar-refractivity contribution < 1.29 is 19.1 Å². The highest BCUT2D eigenvalue weighted by Gasteiger charge is 2.14. The zero-order chi connectivity index (χ0) is 28.6. The minimum Gasteiger partial charge on any atom is -0.378 e. The van der Waals surface area contributed by atoms with Crippen molar-refractivity contribution in [2.75, 3.05) is 41.8 Å². The molecule has 0 aliphatic carbocycles. The Morgan fingerprint density at radius 1 is 0.659 bits per heavy atom. The molecule has 0 atom stereocenters. The third kappa shape index (κ3) is 6.77. The lowest BCUT2D eigenvalue weighted by Crippen LogP contribution is -2.36. The molecule has 1 fully saturated rings. The SMILES string of the molecule is [N-]=[N+]=Nc1ccc(C(=O)Nc2ccc(C(=O)c3ccc(NC(=O)c4ccc(N5CCOCC5)cc4)cc3)cc2)cc1. The summed E-state index contributed by atoms with van der Waals surface area (Å²) in [5.74, 6) is -0.753. The Morgan fingerprint density at radius 2 is 1.10 bits per heavy atom. The van der Waals surface area contributed by atoms with Gasteiger partial charge < -0.3 is 20.3 Å². The van der Waals surface area contributed by atoms with Crippen LogP contribution in [0.4, 0.5) is 22.7 Å². The fraction of sp³-hybridized carbons (Fsp3) is 0.129.